The molecule has 0 unspecified atom stereocenters. The number of hydrogen-bond acceptors (Lipinski definition) is 4. The molecule has 130 valence electrons. The van der Waals surface area contributed by atoms with E-state index in [9.17, 15) is 4.79 Å². The monoisotopic (exact) mass is 362 g/mol. The molecule has 0 fully saturated rings. The molecule has 5 nitrogen and oxygen atoms in total. The maximum Gasteiger partial charge on any atom is 0.277 e. The lowest BCUT2D eigenvalue weighted by Gasteiger charge is -1.99. The van der Waals surface area contributed by atoms with Crippen LogP contribution >= 0.6 is 11.3 Å². The fourth-order valence-corrected chi connectivity index (χ4v) is 3.61. The Hall–Kier alpha value is -2.99. The number of imidazole rings is 1. The molecule has 26 heavy (non-hydrogen) atoms. The molecule has 0 saturated heterocycles. The molecular formula is C20H18N4OS. The molecule has 1 aromatic carbocycles. The molecule has 0 spiro atoms. The van der Waals surface area contributed by atoms with Crippen LogP contribution in [0.4, 0.5) is 5.13 Å². The number of amides is 1. The Kier molecular flexibility index (Phi) is 4.26. The lowest BCUT2D eigenvalue weighted by Crippen LogP contribution is -2.11. The van der Waals surface area contributed by atoms with Gasteiger partial charge in [0.25, 0.3) is 5.91 Å². The first kappa shape index (κ1) is 16.5. The minimum Gasteiger partial charge on any atom is -0.304 e. The molecule has 3 heterocycles. The minimum atomic E-state index is -0.246. The minimum absolute atomic E-state index is 0.246. The van der Waals surface area contributed by atoms with Crippen molar-refractivity contribution < 1.29 is 4.79 Å². The number of fused-ring (bicyclic) bond motifs is 1. The van der Waals surface area contributed by atoms with E-state index in [-0.39, 0.29) is 5.91 Å². The van der Waals surface area contributed by atoms with Crippen molar-refractivity contribution in [3.8, 4) is 0 Å². The van der Waals surface area contributed by atoms with Gasteiger partial charge in [-0.3, -0.25) is 10.1 Å². The molecule has 0 aliphatic heterocycles. The van der Waals surface area contributed by atoms with Gasteiger partial charge in [-0.15, -0.1) is 11.3 Å². The zero-order chi connectivity index (χ0) is 18.1. The quantitative estimate of drug-likeness (QED) is 0.590. The number of carbonyl (C=O) groups excluding carboxylic acids is 1. The van der Waals surface area contributed by atoms with E-state index < -0.39 is 0 Å². The standard InChI is InChI=1S/C20H18N4OS/c1-13-6-8-15(9-7-13)10-16-11-21-20(26-16)23-19(25)17-12-24-14(2)4-3-5-18(24)22-17/h3-9,11-12H,10H2,1-2H3,(H,21,23,25). The number of carbonyl (C=O) groups is 1. The van der Waals surface area contributed by atoms with Gasteiger partial charge in [-0.05, 0) is 31.5 Å². The maximum atomic E-state index is 12.5. The molecule has 0 aliphatic carbocycles. The van der Waals surface area contributed by atoms with E-state index in [0.717, 1.165) is 22.6 Å². The second-order valence-corrected chi connectivity index (χ2v) is 7.38. The molecule has 1 amide bonds. The van der Waals surface area contributed by atoms with Crippen molar-refractivity contribution in [3.05, 3.63) is 82.3 Å². The Morgan fingerprint density at radius 2 is 1.96 bits per heavy atom. The summed E-state index contributed by atoms with van der Waals surface area (Å²) in [4.78, 5) is 22.3. The topological polar surface area (TPSA) is 59.3 Å². The Bertz CT molecular complexity index is 1080. The van der Waals surface area contributed by atoms with Gasteiger partial charge in [-0.2, -0.15) is 0 Å². The normalized spacial score (nSPS) is 11.0. The SMILES string of the molecule is Cc1ccc(Cc2cnc(NC(=O)c3cn4c(C)cccc4n3)s2)cc1. The van der Waals surface area contributed by atoms with E-state index in [1.54, 1.807) is 6.20 Å². The number of thiazole rings is 1. The summed E-state index contributed by atoms with van der Waals surface area (Å²) in [5.41, 5.74) is 4.65. The van der Waals surface area contributed by atoms with E-state index in [1.807, 2.05) is 35.7 Å². The van der Waals surface area contributed by atoms with Crippen LogP contribution in [-0.2, 0) is 6.42 Å². The van der Waals surface area contributed by atoms with E-state index in [1.165, 1.54) is 22.5 Å². The molecule has 3 aromatic heterocycles. The molecule has 0 bridgehead atoms. The summed E-state index contributed by atoms with van der Waals surface area (Å²) in [5.74, 6) is -0.246. The number of aromatic nitrogens is 3. The fourth-order valence-electron chi connectivity index (χ4n) is 2.77. The number of nitrogens with zero attached hydrogens (tertiary/aromatic N) is 3. The highest BCUT2D eigenvalue weighted by Crippen LogP contribution is 2.22. The van der Waals surface area contributed by atoms with Gasteiger partial charge < -0.3 is 4.40 Å². The Balaban J connectivity index is 1.48. The van der Waals surface area contributed by atoms with Gasteiger partial charge in [0.2, 0.25) is 0 Å². The predicted octanol–water partition coefficient (Wildman–Crippen LogP) is 4.25. The highest BCUT2D eigenvalue weighted by atomic mass is 32.1. The third-order valence-corrected chi connectivity index (χ3v) is 5.11. The fraction of sp³-hybridized carbons (Fsp3) is 0.150. The molecule has 6 heteroatoms. The largest absolute Gasteiger partial charge is 0.304 e. The van der Waals surface area contributed by atoms with Crippen molar-refractivity contribution in [3.63, 3.8) is 0 Å². The summed E-state index contributed by atoms with van der Waals surface area (Å²) in [6.45, 7) is 4.06. The average Bonchev–Trinajstić information content (AvgIpc) is 3.25. The summed E-state index contributed by atoms with van der Waals surface area (Å²) in [5, 5.41) is 3.44. The first-order chi connectivity index (χ1) is 12.6. The molecular weight excluding hydrogens is 344 g/mol. The second-order valence-electron chi connectivity index (χ2n) is 6.27. The number of anilines is 1. The van der Waals surface area contributed by atoms with Crippen LogP contribution in [-0.4, -0.2) is 20.3 Å². The van der Waals surface area contributed by atoms with Gasteiger partial charge in [-0.1, -0.05) is 35.9 Å². The molecule has 0 atom stereocenters. The number of benzene rings is 1. The summed E-state index contributed by atoms with van der Waals surface area (Å²) < 4.78 is 1.90. The zero-order valence-electron chi connectivity index (χ0n) is 14.6. The van der Waals surface area contributed by atoms with Crippen molar-refractivity contribution in [2.45, 2.75) is 20.3 Å². The molecule has 4 aromatic rings. The number of nitrogens with one attached hydrogen (secondary N) is 1. The predicted molar refractivity (Wildman–Crippen MR) is 104 cm³/mol. The van der Waals surface area contributed by atoms with Crippen molar-refractivity contribution in [1.29, 1.82) is 0 Å². The third kappa shape index (κ3) is 3.36. The number of rotatable bonds is 4. The van der Waals surface area contributed by atoms with E-state index in [0.29, 0.717) is 10.8 Å². The maximum absolute atomic E-state index is 12.5. The van der Waals surface area contributed by atoms with Gasteiger partial charge in [0.15, 0.2) is 5.13 Å². The highest BCUT2D eigenvalue weighted by Gasteiger charge is 2.13. The van der Waals surface area contributed by atoms with Crippen molar-refractivity contribution in [2.24, 2.45) is 0 Å². The summed E-state index contributed by atoms with van der Waals surface area (Å²) in [6, 6.07) is 14.2. The van der Waals surface area contributed by atoms with Crippen LogP contribution in [0, 0.1) is 13.8 Å². The molecule has 0 saturated carbocycles. The number of pyridine rings is 1. The lowest BCUT2D eigenvalue weighted by atomic mass is 10.1. The molecule has 1 N–H and O–H groups in total. The Labute approximate surface area is 155 Å². The van der Waals surface area contributed by atoms with Crippen LogP contribution in [0.5, 0.6) is 0 Å². The van der Waals surface area contributed by atoms with Gasteiger partial charge >= 0.3 is 0 Å². The van der Waals surface area contributed by atoms with Crippen molar-refractivity contribution in [2.75, 3.05) is 5.32 Å². The Morgan fingerprint density at radius 3 is 2.73 bits per heavy atom. The molecule has 0 aliphatic rings. The van der Waals surface area contributed by atoms with E-state index in [4.69, 9.17) is 0 Å². The lowest BCUT2D eigenvalue weighted by molar-refractivity contribution is 0.102. The van der Waals surface area contributed by atoms with Crippen LogP contribution < -0.4 is 5.32 Å². The zero-order valence-corrected chi connectivity index (χ0v) is 15.4. The van der Waals surface area contributed by atoms with Crippen LogP contribution in [0.25, 0.3) is 5.65 Å². The van der Waals surface area contributed by atoms with Crippen molar-refractivity contribution in [1.82, 2.24) is 14.4 Å². The van der Waals surface area contributed by atoms with Gasteiger partial charge in [0.1, 0.15) is 11.3 Å². The molecule has 0 radical (unpaired) electrons. The second kappa shape index (κ2) is 6.72. The van der Waals surface area contributed by atoms with E-state index >= 15 is 0 Å². The summed E-state index contributed by atoms with van der Waals surface area (Å²) in [7, 11) is 0. The van der Waals surface area contributed by atoms with Gasteiger partial charge in [-0.25, -0.2) is 9.97 Å². The van der Waals surface area contributed by atoms with Crippen LogP contribution in [0.15, 0.2) is 54.9 Å². The average molecular weight is 362 g/mol. The van der Waals surface area contributed by atoms with Crippen LogP contribution in [0.3, 0.4) is 0 Å². The summed E-state index contributed by atoms with van der Waals surface area (Å²) >= 11 is 1.49. The van der Waals surface area contributed by atoms with Gasteiger partial charge in [0, 0.05) is 29.4 Å². The smallest absolute Gasteiger partial charge is 0.277 e. The summed E-state index contributed by atoms with van der Waals surface area (Å²) in [6.07, 6.45) is 4.37. The van der Waals surface area contributed by atoms with Crippen LogP contribution in [0.1, 0.15) is 32.2 Å². The first-order valence-electron chi connectivity index (χ1n) is 8.35. The third-order valence-electron chi connectivity index (χ3n) is 4.20. The number of aryl methyl sites for hydroxylation is 2. The Morgan fingerprint density at radius 1 is 1.15 bits per heavy atom. The van der Waals surface area contributed by atoms with Gasteiger partial charge in [0.05, 0.1) is 0 Å². The molecule has 4 rings (SSSR count). The number of hydrogen-bond donors (Lipinski definition) is 1. The highest BCUT2D eigenvalue weighted by molar-refractivity contribution is 7.15. The van der Waals surface area contributed by atoms with Crippen molar-refractivity contribution >= 4 is 28.0 Å². The van der Waals surface area contributed by atoms with E-state index in [2.05, 4.69) is 46.5 Å². The first-order valence-corrected chi connectivity index (χ1v) is 9.16. The van der Waals surface area contributed by atoms with Crippen LogP contribution in [0.2, 0.25) is 0 Å².